The minimum atomic E-state index is 0.168. The first kappa shape index (κ1) is 11.3. The lowest BCUT2D eigenvalue weighted by atomic mass is 10.1. The highest BCUT2D eigenvalue weighted by atomic mass is 15.0. The molecular weight excluding hydrogens is 174 g/mol. The minimum absolute atomic E-state index is 0.168. The highest BCUT2D eigenvalue weighted by Gasteiger charge is 2.14. The van der Waals surface area contributed by atoms with Gasteiger partial charge in [-0.2, -0.15) is 0 Å². The lowest BCUT2D eigenvalue weighted by molar-refractivity contribution is 0.378. The Morgan fingerprint density at radius 1 is 1.43 bits per heavy atom. The van der Waals surface area contributed by atoms with Crippen LogP contribution >= 0.6 is 0 Å². The molecule has 0 saturated carbocycles. The van der Waals surface area contributed by atoms with Crippen LogP contribution in [0.3, 0.4) is 0 Å². The number of rotatable bonds is 6. The zero-order valence-electron chi connectivity index (χ0n) is 9.35. The average Bonchev–Trinajstić information content (AvgIpc) is 2.56. The number of aromatic amines is 1. The van der Waals surface area contributed by atoms with Crippen molar-refractivity contribution in [1.29, 1.82) is 0 Å². The molecule has 14 heavy (non-hydrogen) atoms. The van der Waals surface area contributed by atoms with E-state index in [4.69, 9.17) is 0 Å². The van der Waals surface area contributed by atoms with Gasteiger partial charge in [-0.3, -0.25) is 0 Å². The van der Waals surface area contributed by atoms with Crippen LogP contribution in [0, 0.1) is 0 Å². The molecule has 1 rings (SSSR count). The summed E-state index contributed by atoms with van der Waals surface area (Å²) in [5, 5.41) is 6.70. The van der Waals surface area contributed by atoms with Gasteiger partial charge >= 0.3 is 0 Å². The summed E-state index contributed by atoms with van der Waals surface area (Å²) in [7, 11) is 1.98. The topological polar surface area (TPSA) is 39.8 Å². The van der Waals surface area contributed by atoms with Gasteiger partial charge in [0.2, 0.25) is 0 Å². The maximum Gasteiger partial charge on any atom is 0.0249 e. The second-order valence-electron chi connectivity index (χ2n) is 4.29. The van der Waals surface area contributed by atoms with Gasteiger partial charge in [-0.05, 0) is 39.4 Å². The molecule has 0 aliphatic heterocycles. The molecule has 1 aromatic heterocycles. The quantitative estimate of drug-likeness (QED) is 0.637. The van der Waals surface area contributed by atoms with E-state index in [2.05, 4.69) is 35.5 Å². The largest absolute Gasteiger partial charge is 0.365 e. The fourth-order valence-electron chi connectivity index (χ4n) is 1.56. The van der Waals surface area contributed by atoms with Crippen LogP contribution in [0.1, 0.15) is 19.5 Å². The fraction of sp³-hybridized carbons (Fsp3) is 0.636. The third-order valence-electron chi connectivity index (χ3n) is 2.28. The van der Waals surface area contributed by atoms with E-state index >= 15 is 0 Å². The van der Waals surface area contributed by atoms with Crippen LogP contribution in [0.25, 0.3) is 0 Å². The van der Waals surface area contributed by atoms with Crippen molar-refractivity contribution in [3.63, 3.8) is 0 Å². The van der Waals surface area contributed by atoms with E-state index in [9.17, 15) is 0 Å². The van der Waals surface area contributed by atoms with Gasteiger partial charge in [0.05, 0.1) is 0 Å². The smallest absolute Gasteiger partial charge is 0.0249 e. The second-order valence-corrected chi connectivity index (χ2v) is 4.29. The monoisotopic (exact) mass is 195 g/mol. The summed E-state index contributed by atoms with van der Waals surface area (Å²) in [4.78, 5) is 3.20. The molecule has 1 heterocycles. The third-order valence-corrected chi connectivity index (χ3v) is 2.28. The molecule has 0 fully saturated rings. The summed E-state index contributed by atoms with van der Waals surface area (Å²) in [5.41, 5.74) is 1.46. The van der Waals surface area contributed by atoms with E-state index in [1.54, 1.807) is 0 Å². The Morgan fingerprint density at radius 2 is 2.21 bits per heavy atom. The summed E-state index contributed by atoms with van der Waals surface area (Å²) < 4.78 is 0. The number of likely N-dealkylation sites (N-methyl/N-ethyl adjacent to an activating group) is 1. The second kappa shape index (κ2) is 5.17. The van der Waals surface area contributed by atoms with E-state index in [0.717, 1.165) is 19.5 Å². The van der Waals surface area contributed by atoms with Crippen molar-refractivity contribution in [3.8, 4) is 0 Å². The van der Waals surface area contributed by atoms with Crippen molar-refractivity contribution in [1.82, 2.24) is 15.6 Å². The molecule has 3 heteroatoms. The number of H-pyrrole nitrogens is 1. The molecule has 0 aromatic carbocycles. The average molecular weight is 195 g/mol. The molecule has 0 saturated heterocycles. The molecule has 3 N–H and O–H groups in total. The van der Waals surface area contributed by atoms with E-state index in [1.165, 1.54) is 5.69 Å². The molecule has 1 aromatic rings. The summed E-state index contributed by atoms with van der Waals surface area (Å²) in [6.45, 7) is 6.41. The molecule has 3 nitrogen and oxygen atoms in total. The van der Waals surface area contributed by atoms with Gasteiger partial charge in [0.1, 0.15) is 0 Å². The molecule has 0 amide bonds. The van der Waals surface area contributed by atoms with Crippen molar-refractivity contribution in [2.75, 3.05) is 20.1 Å². The normalized spacial score (nSPS) is 11.9. The maximum atomic E-state index is 3.52. The van der Waals surface area contributed by atoms with Gasteiger partial charge in [-0.15, -0.1) is 0 Å². The molecular formula is C11H21N3. The first-order valence-electron chi connectivity index (χ1n) is 5.16. The van der Waals surface area contributed by atoms with Gasteiger partial charge in [-0.25, -0.2) is 0 Å². The third kappa shape index (κ3) is 3.94. The molecule has 0 aliphatic rings. The van der Waals surface area contributed by atoms with Crippen molar-refractivity contribution >= 4 is 0 Å². The van der Waals surface area contributed by atoms with Crippen LogP contribution in [0.15, 0.2) is 18.3 Å². The van der Waals surface area contributed by atoms with E-state index in [1.807, 2.05) is 19.3 Å². The van der Waals surface area contributed by atoms with Crippen molar-refractivity contribution in [2.24, 2.45) is 0 Å². The van der Waals surface area contributed by atoms with Crippen molar-refractivity contribution in [3.05, 3.63) is 24.0 Å². The Labute approximate surface area is 86.3 Å². The van der Waals surface area contributed by atoms with Gasteiger partial charge in [0, 0.05) is 30.5 Å². The SMILES string of the molecule is CNCC(C)(C)NCCc1ccc[nH]1. The molecule has 0 radical (unpaired) electrons. The molecule has 0 spiro atoms. The van der Waals surface area contributed by atoms with Crippen molar-refractivity contribution < 1.29 is 0 Å². The van der Waals surface area contributed by atoms with Gasteiger partial charge in [0.25, 0.3) is 0 Å². The van der Waals surface area contributed by atoms with Gasteiger partial charge < -0.3 is 15.6 Å². The predicted molar refractivity (Wildman–Crippen MR) is 60.5 cm³/mol. The van der Waals surface area contributed by atoms with Crippen LogP contribution in [-0.4, -0.2) is 30.7 Å². The number of nitrogens with one attached hydrogen (secondary N) is 3. The zero-order valence-corrected chi connectivity index (χ0v) is 9.35. The zero-order chi connectivity index (χ0) is 10.4. The van der Waals surface area contributed by atoms with Crippen molar-refractivity contribution in [2.45, 2.75) is 25.8 Å². The number of aromatic nitrogens is 1. The molecule has 0 bridgehead atoms. The van der Waals surface area contributed by atoms with E-state index in [0.29, 0.717) is 0 Å². The van der Waals surface area contributed by atoms with Crippen LogP contribution in [0.4, 0.5) is 0 Å². The standard InChI is InChI=1S/C11H21N3/c1-11(2,9-12-3)14-8-6-10-5-4-7-13-10/h4-5,7,12-14H,6,8-9H2,1-3H3. The molecule has 0 atom stereocenters. The molecule has 0 aliphatic carbocycles. The predicted octanol–water partition coefficient (Wildman–Crippen LogP) is 1.14. The summed E-state index contributed by atoms with van der Waals surface area (Å²) >= 11 is 0. The van der Waals surface area contributed by atoms with E-state index in [-0.39, 0.29) is 5.54 Å². The van der Waals surface area contributed by atoms with Gasteiger partial charge in [0.15, 0.2) is 0 Å². The van der Waals surface area contributed by atoms with Crippen LogP contribution in [0.2, 0.25) is 0 Å². The Hall–Kier alpha value is -0.800. The fourth-order valence-corrected chi connectivity index (χ4v) is 1.56. The highest BCUT2D eigenvalue weighted by Crippen LogP contribution is 2.00. The number of hydrogen-bond acceptors (Lipinski definition) is 2. The first-order chi connectivity index (χ1) is 6.64. The highest BCUT2D eigenvalue weighted by molar-refractivity contribution is 5.04. The lowest BCUT2D eigenvalue weighted by Crippen LogP contribution is -2.47. The van der Waals surface area contributed by atoms with Gasteiger partial charge in [-0.1, -0.05) is 0 Å². The van der Waals surface area contributed by atoms with E-state index < -0.39 is 0 Å². The lowest BCUT2D eigenvalue weighted by Gasteiger charge is -2.25. The summed E-state index contributed by atoms with van der Waals surface area (Å²) in [6.07, 6.45) is 3.02. The minimum Gasteiger partial charge on any atom is -0.365 e. The molecule has 0 unspecified atom stereocenters. The summed E-state index contributed by atoms with van der Waals surface area (Å²) in [5.74, 6) is 0. The summed E-state index contributed by atoms with van der Waals surface area (Å²) in [6, 6.07) is 4.15. The maximum absolute atomic E-state index is 3.52. The Balaban J connectivity index is 2.20. The first-order valence-corrected chi connectivity index (χ1v) is 5.16. The Morgan fingerprint density at radius 3 is 2.79 bits per heavy atom. The Bertz CT molecular complexity index is 239. The van der Waals surface area contributed by atoms with Crippen LogP contribution < -0.4 is 10.6 Å². The van der Waals surface area contributed by atoms with Crippen LogP contribution in [0.5, 0.6) is 0 Å². The Kier molecular flexibility index (Phi) is 4.17. The number of hydrogen-bond donors (Lipinski definition) is 3. The van der Waals surface area contributed by atoms with Crippen LogP contribution in [-0.2, 0) is 6.42 Å². The molecule has 80 valence electrons.